The standard InChI is InChI=1S/C18H23NO3/c1-13(14-8-9-17(21-2)18(10-14)22-3)19-11-15-6-4-5-7-16(15)12-20/h4-10,13,19-20H,11-12H2,1-3H3. The molecular formula is C18H23NO3. The minimum Gasteiger partial charge on any atom is -0.493 e. The lowest BCUT2D eigenvalue weighted by atomic mass is 10.1. The molecular weight excluding hydrogens is 278 g/mol. The van der Waals surface area contributed by atoms with Gasteiger partial charge in [-0.1, -0.05) is 30.3 Å². The number of methoxy groups -OCH3 is 2. The normalized spacial score (nSPS) is 12.0. The first-order chi connectivity index (χ1) is 10.7. The summed E-state index contributed by atoms with van der Waals surface area (Å²) < 4.78 is 10.6. The monoisotopic (exact) mass is 301 g/mol. The van der Waals surface area contributed by atoms with E-state index in [1.54, 1.807) is 14.2 Å². The third-order valence-corrected chi connectivity index (χ3v) is 3.80. The van der Waals surface area contributed by atoms with Crippen LogP contribution in [0.1, 0.15) is 29.7 Å². The maximum Gasteiger partial charge on any atom is 0.161 e. The van der Waals surface area contributed by atoms with Gasteiger partial charge in [-0.2, -0.15) is 0 Å². The fourth-order valence-corrected chi connectivity index (χ4v) is 2.39. The number of hydrogen-bond acceptors (Lipinski definition) is 4. The van der Waals surface area contributed by atoms with E-state index in [1.165, 1.54) is 0 Å². The molecule has 0 radical (unpaired) electrons. The third kappa shape index (κ3) is 3.78. The summed E-state index contributed by atoms with van der Waals surface area (Å²) >= 11 is 0. The van der Waals surface area contributed by atoms with Crippen LogP contribution in [-0.4, -0.2) is 19.3 Å². The van der Waals surface area contributed by atoms with Gasteiger partial charge >= 0.3 is 0 Å². The summed E-state index contributed by atoms with van der Waals surface area (Å²) in [4.78, 5) is 0. The van der Waals surface area contributed by atoms with Gasteiger partial charge in [-0.15, -0.1) is 0 Å². The maximum absolute atomic E-state index is 9.37. The lowest BCUT2D eigenvalue weighted by Crippen LogP contribution is -2.19. The molecule has 22 heavy (non-hydrogen) atoms. The van der Waals surface area contributed by atoms with Crippen molar-refractivity contribution in [2.24, 2.45) is 0 Å². The molecule has 0 saturated carbocycles. The predicted octanol–water partition coefficient (Wildman–Crippen LogP) is 3.05. The molecule has 0 aromatic heterocycles. The van der Waals surface area contributed by atoms with Gasteiger partial charge in [0, 0.05) is 12.6 Å². The molecule has 2 rings (SSSR count). The van der Waals surface area contributed by atoms with Gasteiger partial charge in [0.05, 0.1) is 20.8 Å². The van der Waals surface area contributed by atoms with E-state index in [9.17, 15) is 5.11 Å². The third-order valence-electron chi connectivity index (χ3n) is 3.80. The van der Waals surface area contributed by atoms with E-state index in [2.05, 4.69) is 12.2 Å². The molecule has 0 aliphatic carbocycles. The smallest absolute Gasteiger partial charge is 0.161 e. The SMILES string of the molecule is COc1ccc(C(C)NCc2ccccc2CO)cc1OC. The van der Waals surface area contributed by atoms with Gasteiger partial charge in [-0.05, 0) is 35.7 Å². The minimum atomic E-state index is 0.0581. The minimum absolute atomic E-state index is 0.0581. The van der Waals surface area contributed by atoms with Crippen molar-refractivity contribution in [1.29, 1.82) is 0 Å². The summed E-state index contributed by atoms with van der Waals surface area (Å²) in [6.45, 7) is 2.86. The summed E-state index contributed by atoms with van der Waals surface area (Å²) in [5, 5.41) is 12.8. The highest BCUT2D eigenvalue weighted by Gasteiger charge is 2.10. The first-order valence-corrected chi connectivity index (χ1v) is 7.32. The zero-order chi connectivity index (χ0) is 15.9. The largest absolute Gasteiger partial charge is 0.493 e. The molecule has 0 aliphatic heterocycles. The highest BCUT2D eigenvalue weighted by atomic mass is 16.5. The Hall–Kier alpha value is -2.04. The first-order valence-electron chi connectivity index (χ1n) is 7.32. The van der Waals surface area contributed by atoms with Crippen LogP contribution >= 0.6 is 0 Å². The van der Waals surface area contributed by atoms with Crippen molar-refractivity contribution in [2.45, 2.75) is 26.1 Å². The highest BCUT2D eigenvalue weighted by molar-refractivity contribution is 5.43. The van der Waals surface area contributed by atoms with E-state index in [0.717, 1.165) is 28.2 Å². The molecule has 2 aromatic carbocycles. The van der Waals surface area contributed by atoms with Crippen molar-refractivity contribution >= 4 is 0 Å². The number of aliphatic hydroxyl groups is 1. The molecule has 1 unspecified atom stereocenters. The number of aliphatic hydroxyl groups excluding tert-OH is 1. The van der Waals surface area contributed by atoms with Crippen LogP contribution in [0.25, 0.3) is 0 Å². The molecule has 0 saturated heterocycles. The Morgan fingerprint density at radius 2 is 1.68 bits per heavy atom. The van der Waals surface area contributed by atoms with Crippen LogP contribution in [-0.2, 0) is 13.2 Å². The predicted molar refractivity (Wildman–Crippen MR) is 87.2 cm³/mol. The fourth-order valence-electron chi connectivity index (χ4n) is 2.39. The topological polar surface area (TPSA) is 50.7 Å². The zero-order valence-corrected chi connectivity index (χ0v) is 13.3. The van der Waals surface area contributed by atoms with Crippen LogP contribution in [0, 0.1) is 0 Å². The molecule has 2 aromatic rings. The van der Waals surface area contributed by atoms with E-state index in [-0.39, 0.29) is 12.6 Å². The van der Waals surface area contributed by atoms with Crippen molar-refractivity contribution in [3.05, 3.63) is 59.2 Å². The Labute approximate surface area is 131 Å². The Balaban J connectivity index is 2.07. The molecule has 0 heterocycles. The van der Waals surface area contributed by atoms with E-state index in [4.69, 9.17) is 9.47 Å². The Bertz CT molecular complexity index is 613. The van der Waals surface area contributed by atoms with E-state index in [1.807, 2.05) is 42.5 Å². The van der Waals surface area contributed by atoms with Gasteiger partial charge in [-0.25, -0.2) is 0 Å². The van der Waals surface area contributed by atoms with Gasteiger partial charge in [0.25, 0.3) is 0 Å². The van der Waals surface area contributed by atoms with Gasteiger partial charge < -0.3 is 19.9 Å². The first kappa shape index (κ1) is 16.3. The number of hydrogen-bond donors (Lipinski definition) is 2. The summed E-state index contributed by atoms with van der Waals surface area (Å²) in [5.74, 6) is 1.45. The van der Waals surface area contributed by atoms with Gasteiger partial charge in [-0.3, -0.25) is 0 Å². The number of rotatable bonds is 7. The van der Waals surface area contributed by atoms with Crippen molar-refractivity contribution in [3.8, 4) is 11.5 Å². The number of benzene rings is 2. The highest BCUT2D eigenvalue weighted by Crippen LogP contribution is 2.30. The fraction of sp³-hybridized carbons (Fsp3) is 0.333. The van der Waals surface area contributed by atoms with Crippen molar-refractivity contribution in [3.63, 3.8) is 0 Å². The maximum atomic E-state index is 9.37. The average molecular weight is 301 g/mol. The summed E-state index contributed by atoms with van der Waals surface area (Å²) in [5.41, 5.74) is 3.19. The van der Waals surface area contributed by atoms with Crippen molar-refractivity contribution in [1.82, 2.24) is 5.32 Å². The second-order valence-electron chi connectivity index (χ2n) is 5.14. The number of ether oxygens (including phenoxy) is 2. The Morgan fingerprint density at radius 3 is 2.32 bits per heavy atom. The molecule has 1 atom stereocenters. The Kier molecular flexibility index (Phi) is 5.81. The van der Waals surface area contributed by atoms with E-state index >= 15 is 0 Å². The summed E-state index contributed by atoms with van der Waals surface area (Å²) in [6.07, 6.45) is 0. The zero-order valence-electron chi connectivity index (χ0n) is 13.3. The van der Waals surface area contributed by atoms with Crippen LogP contribution in [0.4, 0.5) is 0 Å². The second-order valence-corrected chi connectivity index (χ2v) is 5.14. The second kappa shape index (κ2) is 7.82. The van der Waals surface area contributed by atoms with Crippen LogP contribution in [0.2, 0.25) is 0 Å². The molecule has 0 bridgehead atoms. The summed E-state index contributed by atoms with van der Waals surface area (Å²) in [7, 11) is 3.27. The Morgan fingerprint density at radius 1 is 1.00 bits per heavy atom. The molecule has 118 valence electrons. The molecule has 0 aliphatic rings. The van der Waals surface area contributed by atoms with Crippen LogP contribution in [0.15, 0.2) is 42.5 Å². The van der Waals surface area contributed by atoms with E-state index < -0.39 is 0 Å². The lowest BCUT2D eigenvalue weighted by molar-refractivity contribution is 0.280. The number of nitrogens with one attached hydrogen (secondary N) is 1. The van der Waals surface area contributed by atoms with Crippen molar-refractivity contribution in [2.75, 3.05) is 14.2 Å². The summed E-state index contributed by atoms with van der Waals surface area (Å²) in [6, 6.07) is 14.0. The van der Waals surface area contributed by atoms with Crippen LogP contribution in [0.3, 0.4) is 0 Å². The molecule has 2 N–H and O–H groups in total. The van der Waals surface area contributed by atoms with Crippen molar-refractivity contribution < 1.29 is 14.6 Å². The van der Waals surface area contributed by atoms with Gasteiger partial charge in [0.2, 0.25) is 0 Å². The average Bonchev–Trinajstić information content (AvgIpc) is 2.59. The van der Waals surface area contributed by atoms with Crippen LogP contribution < -0.4 is 14.8 Å². The van der Waals surface area contributed by atoms with Gasteiger partial charge in [0.15, 0.2) is 11.5 Å². The quantitative estimate of drug-likeness (QED) is 0.825. The molecule has 4 heteroatoms. The van der Waals surface area contributed by atoms with Gasteiger partial charge in [0.1, 0.15) is 0 Å². The molecule has 0 spiro atoms. The molecule has 0 amide bonds. The lowest BCUT2D eigenvalue weighted by Gasteiger charge is -2.17. The molecule has 0 fully saturated rings. The van der Waals surface area contributed by atoms with Crippen LogP contribution in [0.5, 0.6) is 11.5 Å². The molecule has 4 nitrogen and oxygen atoms in total. The van der Waals surface area contributed by atoms with E-state index in [0.29, 0.717) is 6.54 Å².